The van der Waals surface area contributed by atoms with Crippen LogP contribution < -0.4 is 5.32 Å². The highest BCUT2D eigenvalue weighted by Crippen LogP contribution is 2.15. The molecule has 0 spiro atoms. The molecule has 0 amide bonds. The Bertz CT molecular complexity index is 311. The highest BCUT2D eigenvalue weighted by atomic mass is 35.5. The maximum atomic E-state index is 5.85. The van der Waals surface area contributed by atoms with Crippen molar-refractivity contribution in [2.75, 3.05) is 19.8 Å². The lowest BCUT2D eigenvalue weighted by Crippen LogP contribution is -2.23. The molecule has 2 nitrogen and oxygen atoms in total. The van der Waals surface area contributed by atoms with Gasteiger partial charge in [0, 0.05) is 24.2 Å². The first kappa shape index (κ1) is 14.5. The van der Waals surface area contributed by atoms with Crippen LogP contribution in [0.4, 0.5) is 0 Å². The lowest BCUT2D eigenvalue weighted by Gasteiger charge is -2.14. The molecule has 0 unspecified atom stereocenters. The molecule has 1 aromatic carbocycles. The quantitative estimate of drug-likeness (QED) is 0.751. The van der Waals surface area contributed by atoms with Gasteiger partial charge in [-0.05, 0) is 30.5 Å². The van der Waals surface area contributed by atoms with Crippen LogP contribution >= 0.6 is 11.6 Å². The summed E-state index contributed by atoms with van der Waals surface area (Å²) in [4.78, 5) is 0. The number of nitrogens with one attached hydrogen (secondary N) is 1. The maximum absolute atomic E-state index is 5.85. The molecule has 0 saturated carbocycles. The van der Waals surface area contributed by atoms with Crippen molar-refractivity contribution < 1.29 is 4.74 Å². The van der Waals surface area contributed by atoms with E-state index in [0.29, 0.717) is 12.0 Å². The van der Waals surface area contributed by atoms with E-state index in [1.807, 2.05) is 12.1 Å². The monoisotopic (exact) mass is 255 g/mol. The van der Waals surface area contributed by atoms with Crippen LogP contribution in [-0.2, 0) is 4.74 Å². The molecule has 3 heteroatoms. The average Bonchev–Trinajstić information content (AvgIpc) is 2.29. The summed E-state index contributed by atoms with van der Waals surface area (Å²) in [6.45, 7) is 8.92. The van der Waals surface area contributed by atoms with Gasteiger partial charge in [0.25, 0.3) is 0 Å². The van der Waals surface area contributed by atoms with E-state index in [4.69, 9.17) is 16.3 Å². The predicted molar refractivity (Wildman–Crippen MR) is 73.5 cm³/mol. The Kier molecular flexibility index (Phi) is 6.56. The summed E-state index contributed by atoms with van der Waals surface area (Å²) < 4.78 is 5.52. The first-order chi connectivity index (χ1) is 8.09. The van der Waals surface area contributed by atoms with E-state index in [0.717, 1.165) is 24.8 Å². The first-order valence-corrected chi connectivity index (χ1v) is 6.54. The maximum Gasteiger partial charge on any atom is 0.0591 e. The average molecular weight is 256 g/mol. The van der Waals surface area contributed by atoms with E-state index >= 15 is 0 Å². The van der Waals surface area contributed by atoms with Crippen molar-refractivity contribution in [3.63, 3.8) is 0 Å². The highest BCUT2D eigenvalue weighted by molar-refractivity contribution is 6.30. The van der Waals surface area contributed by atoms with Gasteiger partial charge in [-0.15, -0.1) is 0 Å². The first-order valence-electron chi connectivity index (χ1n) is 6.16. The molecule has 0 saturated heterocycles. The smallest absolute Gasteiger partial charge is 0.0591 e. The molecule has 0 aromatic heterocycles. The SMILES string of the molecule is CC(C)COCCN[C@H](C)c1ccc(Cl)cc1. The van der Waals surface area contributed by atoms with Crippen LogP contribution in [-0.4, -0.2) is 19.8 Å². The third-order valence-corrected chi connectivity index (χ3v) is 2.77. The van der Waals surface area contributed by atoms with Crippen LogP contribution in [0.1, 0.15) is 32.4 Å². The molecule has 0 aliphatic heterocycles. The second-order valence-electron chi connectivity index (χ2n) is 4.70. The zero-order chi connectivity index (χ0) is 12.7. The fraction of sp³-hybridized carbons (Fsp3) is 0.571. The van der Waals surface area contributed by atoms with Crippen LogP contribution in [0.25, 0.3) is 0 Å². The van der Waals surface area contributed by atoms with Gasteiger partial charge in [0.2, 0.25) is 0 Å². The third-order valence-electron chi connectivity index (χ3n) is 2.52. The minimum Gasteiger partial charge on any atom is -0.380 e. The molecule has 0 radical (unpaired) electrons. The minimum atomic E-state index is 0.329. The van der Waals surface area contributed by atoms with E-state index in [1.54, 1.807) is 0 Å². The lowest BCUT2D eigenvalue weighted by atomic mass is 10.1. The summed E-state index contributed by atoms with van der Waals surface area (Å²) in [6.07, 6.45) is 0. The summed E-state index contributed by atoms with van der Waals surface area (Å²) >= 11 is 5.85. The molecular formula is C14H22ClNO. The van der Waals surface area contributed by atoms with E-state index in [9.17, 15) is 0 Å². The standard InChI is InChI=1S/C14H22ClNO/c1-11(2)10-17-9-8-16-12(3)13-4-6-14(15)7-5-13/h4-7,11-12,16H,8-10H2,1-3H3/t12-/m1/s1. The van der Waals surface area contributed by atoms with Crippen LogP contribution in [0.5, 0.6) is 0 Å². The van der Waals surface area contributed by atoms with Crippen molar-refractivity contribution in [2.45, 2.75) is 26.8 Å². The van der Waals surface area contributed by atoms with E-state index in [2.05, 4.69) is 38.2 Å². The van der Waals surface area contributed by atoms with Gasteiger partial charge in [0.1, 0.15) is 0 Å². The zero-order valence-corrected chi connectivity index (χ0v) is 11.6. The van der Waals surface area contributed by atoms with Crippen LogP contribution in [0.2, 0.25) is 5.02 Å². The van der Waals surface area contributed by atoms with E-state index in [1.165, 1.54) is 5.56 Å². The molecule has 1 N–H and O–H groups in total. The number of halogens is 1. The van der Waals surface area contributed by atoms with Gasteiger partial charge in [-0.3, -0.25) is 0 Å². The molecule has 0 aliphatic carbocycles. The molecular weight excluding hydrogens is 234 g/mol. The molecule has 96 valence electrons. The Morgan fingerprint density at radius 3 is 2.41 bits per heavy atom. The zero-order valence-electron chi connectivity index (χ0n) is 10.9. The van der Waals surface area contributed by atoms with E-state index in [-0.39, 0.29) is 0 Å². The van der Waals surface area contributed by atoms with Crippen molar-refractivity contribution in [3.05, 3.63) is 34.9 Å². The van der Waals surface area contributed by atoms with Crippen molar-refractivity contribution in [2.24, 2.45) is 5.92 Å². The van der Waals surface area contributed by atoms with Gasteiger partial charge in [0.05, 0.1) is 6.61 Å². The summed E-state index contributed by atoms with van der Waals surface area (Å²) in [5, 5.41) is 4.20. The predicted octanol–water partition coefficient (Wildman–Crippen LogP) is 3.66. The summed E-state index contributed by atoms with van der Waals surface area (Å²) in [5.41, 5.74) is 1.25. The fourth-order valence-corrected chi connectivity index (χ4v) is 1.66. The number of rotatable bonds is 7. The number of hydrogen-bond donors (Lipinski definition) is 1. The molecule has 1 rings (SSSR count). The van der Waals surface area contributed by atoms with Gasteiger partial charge in [0.15, 0.2) is 0 Å². The third kappa shape index (κ3) is 6.06. The van der Waals surface area contributed by atoms with Gasteiger partial charge < -0.3 is 10.1 Å². The number of ether oxygens (including phenoxy) is 1. The Labute approximate surface area is 109 Å². The largest absolute Gasteiger partial charge is 0.380 e. The van der Waals surface area contributed by atoms with Crippen molar-refractivity contribution in [1.29, 1.82) is 0 Å². The summed E-state index contributed by atoms with van der Waals surface area (Å²) in [5.74, 6) is 0.601. The summed E-state index contributed by atoms with van der Waals surface area (Å²) in [6, 6.07) is 8.27. The molecule has 1 atom stereocenters. The highest BCUT2D eigenvalue weighted by Gasteiger charge is 2.03. The van der Waals surface area contributed by atoms with Gasteiger partial charge in [-0.1, -0.05) is 37.6 Å². The van der Waals surface area contributed by atoms with Gasteiger partial charge >= 0.3 is 0 Å². The number of benzene rings is 1. The summed E-state index contributed by atoms with van der Waals surface area (Å²) in [7, 11) is 0. The lowest BCUT2D eigenvalue weighted by molar-refractivity contribution is 0.110. The molecule has 0 fully saturated rings. The number of hydrogen-bond acceptors (Lipinski definition) is 2. The van der Waals surface area contributed by atoms with E-state index < -0.39 is 0 Å². The Morgan fingerprint density at radius 2 is 1.82 bits per heavy atom. The van der Waals surface area contributed by atoms with Crippen LogP contribution in [0.3, 0.4) is 0 Å². The van der Waals surface area contributed by atoms with Crippen LogP contribution in [0.15, 0.2) is 24.3 Å². The molecule has 0 aliphatic rings. The Hall–Kier alpha value is -0.570. The second kappa shape index (κ2) is 7.70. The van der Waals surface area contributed by atoms with Crippen LogP contribution in [0, 0.1) is 5.92 Å². The van der Waals surface area contributed by atoms with Crippen molar-refractivity contribution >= 4 is 11.6 Å². The second-order valence-corrected chi connectivity index (χ2v) is 5.13. The van der Waals surface area contributed by atoms with Gasteiger partial charge in [-0.2, -0.15) is 0 Å². The Balaban J connectivity index is 2.21. The molecule has 1 aromatic rings. The topological polar surface area (TPSA) is 21.3 Å². The molecule has 0 heterocycles. The van der Waals surface area contributed by atoms with Gasteiger partial charge in [-0.25, -0.2) is 0 Å². The minimum absolute atomic E-state index is 0.329. The van der Waals surface area contributed by atoms with Crippen molar-refractivity contribution in [3.8, 4) is 0 Å². The molecule has 0 bridgehead atoms. The molecule has 17 heavy (non-hydrogen) atoms. The van der Waals surface area contributed by atoms with Crippen molar-refractivity contribution in [1.82, 2.24) is 5.32 Å². The Morgan fingerprint density at radius 1 is 1.18 bits per heavy atom. The fourth-order valence-electron chi connectivity index (χ4n) is 1.54. The normalized spacial score (nSPS) is 13.0.